The highest BCUT2D eigenvalue weighted by atomic mass is 16.4. The van der Waals surface area contributed by atoms with Gasteiger partial charge in [0.1, 0.15) is 5.82 Å². The van der Waals surface area contributed by atoms with Gasteiger partial charge in [-0.25, -0.2) is 14.3 Å². The molecule has 0 aliphatic carbocycles. The Bertz CT molecular complexity index is 466. The molecule has 2 aromatic rings. The van der Waals surface area contributed by atoms with Crippen molar-refractivity contribution in [3.8, 4) is 0 Å². The second-order valence-corrected chi connectivity index (χ2v) is 3.87. The van der Waals surface area contributed by atoms with Crippen molar-refractivity contribution in [3.63, 3.8) is 0 Å². The van der Waals surface area contributed by atoms with Gasteiger partial charge in [0.2, 0.25) is 0 Å². The minimum Gasteiger partial charge on any atom is -0.476 e. The van der Waals surface area contributed by atoms with E-state index >= 15 is 0 Å². The first-order valence-electron chi connectivity index (χ1n) is 4.73. The Morgan fingerprint density at radius 1 is 1.60 bits per heavy atom. The Labute approximate surface area is 85.9 Å². The number of rotatable bonds is 3. The van der Waals surface area contributed by atoms with Crippen LogP contribution in [0, 0.1) is 5.92 Å². The van der Waals surface area contributed by atoms with Gasteiger partial charge in [0.25, 0.3) is 5.78 Å². The number of aromatic amines is 1. The van der Waals surface area contributed by atoms with Gasteiger partial charge in [0.05, 0.1) is 6.20 Å². The number of H-pyrrole nitrogens is 1. The lowest BCUT2D eigenvalue weighted by atomic mass is 10.1. The Balaban J connectivity index is 2.34. The number of aromatic carboxylic acids is 1. The molecule has 80 valence electrons. The molecule has 0 spiro atoms. The number of aromatic nitrogens is 4. The highest BCUT2D eigenvalue weighted by molar-refractivity contribution is 5.85. The van der Waals surface area contributed by atoms with Crippen molar-refractivity contribution in [2.75, 3.05) is 0 Å². The number of hydrogen-bond donors (Lipinski definition) is 2. The van der Waals surface area contributed by atoms with E-state index in [0.717, 1.165) is 12.2 Å². The highest BCUT2D eigenvalue weighted by Crippen LogP contribution is 2.07. The van der Waals surface area contributed by atoms with Gasteiger partial charge < -0.3 is 5.11 Å². The number of carboxylic acid groups (broad SMARTS) is 1. The van der Waals surface area contributed by atoms with E-state index in [1.807, 2.05) is 0 Å². The van der Waals surface area contributed by atoms with Crippen LogP contribution in [0.2, 0.25) is 0 Å². The number of carbonyl (C=O) groups is 1. The lowest BCUT2D eigenvalue weighted by Crippen LogP contribution is -1.99. The topological polar surface area (TPSA) is 83.3 Å². The van der Waals surface area contributed by atoms with Crippen LogP contribution in [0.1, 0.15) is 30.2 Å². The Hall–Kier alpha value is -1.85. The van der Waals surface area contributed by atoms with Crippen molar-refractivity contribution in [1.29, 1.82) is 0 Å². The van der Waals surface area contributed by atoms with E-state index in [2.05, 4.69) is 28.9 Å². The average Bonchev–Trinajstić information content (AvgIpc) is 2.58. The molecule has 0 atom stereocenters. The third-order valence-corrected chi connectivity index (χ3v) is 1.99. The molecule has 0 aliphatic rings. The van der Waals surface area contributed by atoms with Crippen molar-refractivity contribution in [1.82, 2.24) is 19.6 Å². The van der Waals surface area contributed by atoms with E-state index in [-0.39, 0.29) is 5.69 Å². The summed E-state index contributed by atoms with van der Waals surface area (Å²) in [5.41, 5.74) is 0.00449. The van der Waals surface area contributed by atoms with E-state index in [9.17, 15) is 4.79 Å². The molecule has 2 heterocycles. The van der Waals surface area contributed by atoms with Crippen molar-refractivity contribution in [2.24, 2.45) is 5.92 Å². The SMILES string of the molecule is CC(C)Cc1nc2nc(C(=O)O)cn2[nH]1. The second kappa shape index (κ2) is 3.38. The van der Waals surface area contributed by atoms with Crippen LogP contribution >= 0.6 is 0 Å². The fraction of sp³-hybridized carbons (Fsp3) is 0.444. The first-order chi connectivity index (χ1) is 7.06. The summed E-state index contributed by atoms with van der Waals surface area (Å²) < 4.78 is 1.53. The molecular formula is C9H12N4O2. The van der Waals surface area contributed by atoms with Gasteiger partial charge in [-0.2, -0.15) is 4.98 Å². The van der Waals surface area contributed by atoms with E-state index in [0.29, 0.717) is 11.7 Å². The third kappa shape index (κ3) is 1.83. The lowest BCUT2D eigenvalue weighted by Gasteiger charge is -1.98. The van der Waals surface area contributed by atoms with E-state index in [4.69, 9.17) is 5.11 Å². The summed E-state index contributed by atoms with van der Waals surface area (Å²) in [6.45, 7) is 4.18. The van der Waals surface area contributed by atoms with Crippen LogP contribution in [0.3, 0.4) is 0 Å². The van der Waals surface area contributed by atoms with Crippen LogP contribution in [0.5, 0.6) is 0 Å². The molecule has 6 heteroatoms. The van der Waals surface area contributed by atoms with Crippen LogP contribution in [0.4, 0.5) is 0 Å². The van der Waals surface area contributed by atoms with Crippen LogP contribution in [-0.4, -0.2) is 30.7 Å². The molecule has 6 nitrogen and oxygen atoms in total. The second-order valence-electron chi connectivity index (χ2n) is 3.87. The number of imidazole rings is 1. The number of hydrogen-bond acceptors (Lipinski definition) is 3. The molecule has 0 saturated heterocycles. The zero-order valence-electron chi connectivity index (χ0n) is 8.56. The Morgan fingerprint density at radius 2 is 2.33 bits per heavy atom. The smallest absolute Gasteiger partial charge is 0.356 e. The molecular weight excluding hydrogens is 196 g/mol. The average molecular weight is 208 g/mol. The largest absolute Gasteiger partial charge is 0.476 e. The maximum Gasteiger partial charge on any atom is 0.356 e. The summed E-state index contributed by atoms with van der Waals surface area (Å²) in [6.07, 6.45) is 2.25. The van der Waals surface area contributed by atoms with Crippen LogP contribution in [0.15, 0.2) is 6.20 Å². The van der Waals surface area contributed by atoms with Crippen LogP contribution in [0.25, 0.3) is 5.78 Å². The number of fused-ring (bicyclic) bond motifs is 1. The van der Waals surface area contributed by atoms with Gasteiger partial charge in [-0.3, -0.25) is 5.10 Å². The van der Waals surface area contributed by atoms with Crippen molar-refractivity contribution in [2.45, 2.75) is 20.3 Å². The molecule has 0 amide bonds. The molecule has 0 bridgehead atoms. The highest BCUT2D eigenvalue weighted by Gasteiger charge is 2.12. The summed E-state index contributed by atoms with van der Waals surface area (Å²) in [6, 6.07) is 0. The predicted octanol–water partition coefficient (Wildman–Crippen LogP) is 0.954. The predicted molar refractivity (Wildman–Crippen MR) is 52.8 cm³/mol. The summed E-state index contributed by atoms with van der Waals surface area (Å²) in [5.74, 6) is 0.687. The van der Waals surface area contributed by atoms with Crippen molar-refractivity contribution in [3.05, 3.63) is 17.7 Å². The maximum atomic E-state index is 10.6. The van der Waals surface area contributed by atoms with Gasteiger partial charge in [0.15, 0.2) is 5.69 Å². The van der Waals surface area contributed by atoms with Gasteiger partial charge in [0, 0.05) is 6.42 Å². The first kappa shape index (κ1) is 9.70. The van der Waals surface area contributed by atoms with Crippen LogP contribution < -0.4 is 0 Å². The number of nitrogens with zero attached hydrogens (tertiary/aromatic N) is 3. The molecule has 2 aromatic heterocycles. The summed E-state index contributed by atoms with van der Waals surface area (Å²) in [7, 11) is 0. The first-order valence-corrected chi connectivity index (χ1v) is 4.73. The molecule has 0 saturated carbocycles. The number of nitrogens with one attached hydrogen (secondary N) is 1. The lowest BCUT2D eigenvalue weighted by molar-refractivity contribution is 0.0691. The zero-order valence-corrected chi connectivity index (χ0v) is 8.56. The van der Waals surface area contributed by atoms with Crippen molar-refractivity contribution >= 4 is 11.7 Å². The van der Waals surface area contributed by atoms with Gasteiger partial charge in [-0.15, -0.1) is 0 Å². The monoisotopic (exact) mass is 208 g/mol. The summed E-state index contributed by atoms with van der Waals surface area (Å²) in [4.78, 5) is 18.7. The summed E-state index contributed by atoms with van der Waals surface area (Å²) >= 11 is 0. The number of carboxylic acids is 1. The minimum atomic E-state index is -1.04. The molecule has 0 fully saturated rings. The van der Waals surface area contributed by atoms with E-state index < -0.39 is 5.97 Å². The van der Waals surface area contributed by atoms with Gasteiger partial charge in [-0.05, 0) is 5.92 Å². The molecule has 2 N–H and O–H groups in total. The standard InChI is InChI=1S/C9H12N4O2/c1-5(2)3-7-11-9-10-6(8(14)15)4-13(9)12-7/h4-5H,3H2,1-2H3,(H,14,15)(H,10,11,12). The molecule has 0 aliphatic heterocycles. The van der Waals surface area contributed by atoms with E-state index in [1.54, 1.807) is 0 Å². The minimum absolute atomic E-state index is 0.00449. The molecule has 2 rings (SSSR count). The fourth-order valence-corrected chi connectivity index (χ4v) is 1.40. The summed E-state index contributed by atoms with van der Waals surface area (Å²) in [5, 5.41) is 11.7. The van der Waals surface area contributed by atoms with Crippen LogP contribution in [-0.2, 0) is 6.42 Å². The molecule has 0 radical (unpaired) electrons. The normalized spacial score (nSPS) is 11.4. The van der Waals surface area contributed by atoms with E-state index in [1.165, 1.54) is 10.7 Å². The fourth-order valence-electron chi connectivity index (χ4n) is 1.40. The molecule has 15 heavy (non-hydrogen) atoms. The zero-order chi connectivity index (χ0) is 11.0. The third-order valence-electron chi connectivity index (χ3n) is 1.99. The van der Waals surface area contributed by atoms with Crippen molar-refractivity contribution < 1.29 is 9.90 Å². The van der Waals surface area contributed by atoms with Gasteiger partial charge in [-0.1, -0.05) is 13.8 Å². The molecule has 0 unspecified atom stereocenters. The molecule has 0 aromatic carbocycles. The quantitative estimate of drug-likeness (QED) is 0.786. The van der Waals surface area contributed by atoms with Gasteiger partial charge >= 0.3 is 5.97 Å². The Kier molecular flexibility index (Phi) is 2.18. The Morgan fingerprint density at radius 3 is 2.87 bits per heavy atom. The maximum absolute atomic E-state index is 10.6.